The van der Waals surface area contributed by atoms with Crippen molar-refractivity contribution < 1.29 is 4.79 Å². The summed E-state index contributed by atoms with van der Waals surface area (Å²) in [5, 5.41) is 1.56. The van der Waals surface area contributed by atoms with Crippen LogP contribution in [-0.2, 0) is 0 Å². The van der Waals surface area contributed by atoms with E-state index in [-0.39, 0.29) is 17.1 Å². The van der Waals surface area contributed by atoms with Crippen LogP contribution in [0.15, 0.2) is 93.5 Å². The molecule has 2 nitrogen and oxygen atoms in total. The number of Topliss-reactive ketones (excluding diaryl/α,β-unsaturated/α-hetero) is 1. The quantitative estimate of drug-likeness (QED) is 0.205. The lowest BCUT2D eigenvalue weighted by Crippen LogP contribution is -2.27. The van der Waals surface area contributed by atoms with Crippen molar-refractivity contribution in [1.82, 2.24) is 0 Å². The molecule has 180 valence electrons. The van der Waals surface area contributed by atoms with E-state index in [1.165, 1.54) is 11.1 Å². The first kappa shape index (κ1) is 23.3. The zero-order chi connectivity index (χ0) is 25.1. The number of rotatable bonds is 3. The maximum atomic E-state index is 13.7. The van der Waals surface area contributed by atoms with Crippen molar-refractivity contribution >= 4 is 52.6 Å². The van der Waals surface area contributed by atoms with Gasteiger partial charge in [0.1, 0.15) is 0 Å². The SMILES string of the molecule is CC(C)c1ccc2c(c1)C(=O)C1C=CC=CC1=S2c1ccc2sc3ccc(C(C)C)cc3c(=O)c2c1. The largest absolute Gasteiger partial charge is 0.293 e. The van der Waals surface area contributed by atoms with E-state index < -0.39 is 10.5 Å². The molecule has 0 bridgehead atoms. The van der Waals surface area contributed by atoms with Crippen LogP contribution in [0.3, 0.4) is 0 Å². The van der Waals surface area contributed by atoms with Crippen LogP contribution in [0.5, 0.6) is 0 Å². The molecule has 2 aliphatic rings. The van der Waals surface area contributed by atoms with Crippen LogP contribution in [-0.4, -0.2) is 10.6 Å². The third-order valence-electron chi connectivity index (χ3n) is 7.22. The lowest BCUT2D eigenvalue weighted by atomic mass is 9.89. The zero-order valence-corrected chi connectivity index (χ0v) is 22.5. The Balaban J connectivity index is 1.62. The van der Waals surface area contributed by atoms with E-state index in [1.807, 2.05) is 18.2 Å². The molecule has 2 atom stereocenters. The maximum absolute atomic E-state index is 13.7. The molecule has 0 saturated heterocycles. The van der Waals surface area contributed by atoms with Gasteiger partial charge >= 0.3 is 0 Å². The van der Waals surface area contributed by atoms with Crippen molar-refractivity contribution in [2.75, 3.05) is 0 Å². The average Bonchev–Trinajstić information content (AvgIpc) is 2.88. The van der Waals surface area contributed by atoms with Gasteiger partial charge in [0.2, 0.25) is 0 Å². The number of fused-ring (bicyclic) bond motifs is 4. The number of hydrogen-bond donors (Lipinski definition) is 0. The Kier molecular flexibility index (Phi) is 5.70. The first-order valence-corrected chi connectivity index (χ1v) is 14.5. The molecule has 0 fully saturated rings. The van der Waals surface area contributed by atoms with Crippen LogP contribution in [0, 0.1) is 5.92 Å². The highest BCUT2D eigenvalue weighted by Gasteiger charge is 2.33. The van der Waals surface area contributed by atoms with Crippen molar-refractivity contribution in [1.29, 1.82) is 0 Å². The Hall–Kier alpha value is -3.08. The third-order valence-corrected chi connectivity index (χ3v) is 10.8. The molecular weight excluding hydrogens is 480 g/mol. The second kappa shape index (κ2) is 8.79. The zero-order valence-electron chi connectivity index (χ0n) is 20.9. The maximum Gasteiger partial charge on any atom is 0.195 e. The van der Waals surface area contributed by atoms with Crippen LogP contribution < -0.4 is 5.43 Å². The summed E-state index contributed by atoms with van der Waals surface area (Å²) in [6.07, 6.45) is 8.12. The minimum atomic E-state index is -0.428. The van der Waals surface area contributed by atoms with Crippen molar-refractivity contribution in [3.63, 3.8) is 0 Å². The number of carbonyl (C=O) groups is 1. The summed E-state index contributed by atoms with van der Waals surface area (Å²) >= 11 is 1.67. The predicted octanol–water partition coefficient (Wildman–Crippen LogP) is 8.46. The summed E-state index contributed by atoms with van der Waals surface area (Å²) in [6.45, 7) is 8.62. The van der Waals surface area contributed by atoms with E-state index >= 15 is 0 Å². The Morgan fingerprint density at radius 3 is 2.19 bits per heavy atom. The van der Waals surface area contributed by atoms with Crippen LogP contribution in [0.4, 0.5) is 0 Å². The van der Waals surface area contributed by atoms with E-state index in [9.17, 15) is 9.59 Å². The Morgan fingerprint density at radius 1 is 0.778 bits per heavy atom. The highest BCUT2D eigenvalue weighted by Crippen LogP contribution is 2.47. The second-order valence-corrected chi connectivity index (χ2v) is 13.3. The predicted molar refractivity (Wildman–Crippen MR) is 155 cm³/mol. The topological polar surface area (TPSA) is 34.1 Å². The number of allylic oxidation sites excluding steroid dienone is 4. The molecule has 0 radical (unpaired) electrons. The molecule has 2 unspecified atom stereocenters. The minimum absolute atomic E-state index is 0.0933. The fraction of sp³-hybridized carbons (Fsp3) is 0.219. The average molecular weight is 509 g/mol. The van der Waals surface area contributed by atoms with Gasteiger partial charge in [-0.2, -0.15) is 0 Å². The van der Waals surface area contributed by atoms with Gasteiger partial charge in [-0.15, -0.1) is 21.8 Å². The van der Waals surface area contributed by atoms with Gasteiger partial charge in [-0.3, -0.25) is 9.59 Å². The van der Waals surface area contributed by atoms with Crippen LogP contribution in [0.25, 0.3) is 20.2 Å². The fourth-order valence-electron chi connectivity index (χ4n) is 5.11. The van der Waals surface area contributed by atoms with Gasteiger partial charge in [-0.1, -0.05) is 64.1 Å². The molecule has 1 aromatic heterocycles. The summed E-state index contributed by atoms with van der Waals surface area (Å²) in [5.74, 6) is 0.648. The summed E-state index contributed by atoms with van der Waals surface area (Å²) in [7, 11) is -0.428. The molecule has 0 N–H and O–H groups in total. The molecule has 2 heterocycles. The summed E-state index contributed by atoms with van der Waals surface area (Å²) in [4.78, 5) is 30.5. The molecule has 1 aliphatic heterocycles. The highest BCUT2D eigenvalue weighted by atomic mass is 32.2. The molecular formula is C32H28O2S2. The van der Waals surface area contributed by atoms with E-state index in [4.69, 9.17) is 0 Å². The number of benzene rings is 3. The van der Waals surface area contributed by atoms with E-state index in [1.54, 1.807) is 11.3 Å². The normalized spacial score (nSPS) is 18.9. The standard InChI is InChI=1S/C32H28O2S2/c1-18(2)20-9-12-27-24(15-20)32(34)25-17-22(11-13-28(25)35-27)36-29-8-6-5-7-23(29)31(33)26-16-21(19(3)4)10-14-30(26)36/h5-19,23H,1-4H3. The van der Waals surface area contributed by atoms with Crippen LogP contribution in [0.1, 0.15) is 61.0 Å². The fourth-order valence-corrected chi connectivity index (χ4v) is 8.60. The van der Waals surface area contributed by atoms with Gasteiger partial charge in [0.15, 0.2) is 11.2 Å². The lowest BCUT2D eigenvalue weighted by Gasteiger charge is -2.29. The Labute approximate surface area is 217 Å². The van der Waals surface area contributed by atoms with Gasteiger partial charge < -0.3 is 0 Å². The molecule has 0 amide bonds. The van der Waals surface area contributed by atoms with E-state index in [0.717, 1.165) is 40.4 Å². The van der Waals surface area contributed by atoms with Crippen molar-refractivity contribution in [3.05, 3.63) is 106 Å². The molecule has 3 aromatic carbocycles. The third kappa shape index (κ3) is 3.66. The smallest absolute Gasteiger partial charge is 0.195 e. The molecule has 36 heavy (non-hydrogen) atoms. The second-order valence-electron chi connectivity index (χ2n) is 10.2. The van der Waals surface area contributed by atoms with Gasteiger partial charge in [0.25, 0.3) is 0 Å². The number of hydrogen-bond acceptors (Lipinski definition) is 3. The lowest BCUT2D eigenvalue weighted by molar-refractivity contribution is 0.0969. The molecule has 0 spiro atoms. The number of carbonyl (C=O) groups excluding carboxylic acids is 1. The highest BCUT2D eigenvalue weighted by molar-refractivity contribution is 8.16. The molecule has 4 heteroatoms. The molecule has 0 saturated carbocycles. The van der Waals surface area contributed by atoms with Crippen molar-refractivity contribution in [2.45, 2.75) is 49.3 Å². The van der Waals surface area contributed by atoms with Crippen molar-refractivity contribution in [3.8, 4) is 0 Å². The summed E-state index contributed by atoms with van der Waals surface area (Å²) in [6, 6.07) is 19.0. The Morgan fingerprint density at radius 2 is 1.44 bits per heavy atom. The van der Waals surface area contributed by atoms with E-state index in [2.05, 4.69) is 88.4 Å². The molecule has 6 rings (SSSR count). The number of ketones is 1. The van der Waals surface area contributed by atoms with E-state index in [0.29, 0.717) is 11.8 Å². The van der Waals surface area contributed by atoms with Gasteiger partial charge in [0.05, 0.1) is 5.92 Å². The minimum Gasteiger partial charge on any atom is -0.293 e. The Bertz CT molecular complexity index is 1730. The van der Waals surface area contributed by atoms with Gasteiger partial charge in [0, 0.05) is 35.5 Å². The van der Waals surface area contributed by atoms with Gasteiger partial charge in [-0.25, -0.2) is 0 Å². The first-order valence-electron chi connectivity index (χ1n) is 12.5. The van der Waals surface area contributed by atoms with Crippen LogP contribution >= 0.6 is 21.8 Å². The monoisotopic (exact) mass is 508 g/mol. The molecule has 4 aromatic rings. The summed E-state index contributed by atoms with van der Waals surface area (Å²) < 4.78 is 2.03. The van der Waals surface area contributed by atoms with Gasteiger partial charge in [-0.05, 0) is 70.3 Å². The molecule has 1 aliphatic carbocycles. The van der Waals surface area contributed by atoms with Crippen molar-refractivity contribution in [2.24, 2.45) is 5.92 Å². The van der Waals surface area contributed by atoms with Crippen LogP contribution in [0.2, 0.25) is 0 Å². The summed E-state index contributed by atoms with van der Waals surface area (Å²) in [5.41, 5.74) is 3.28. The first-order chi connectivity index (χ1) is 17.3.